The number of carbonyl (C=O) groups is 1. The number of carbonyl (C=O) groups excluding carboxylic acids is 1. The number of thioether (sulfide) groups is 1. The maximum Gasteiger partial charge on any atom is 0.269 e. The van der Waals surface area contributed by atoms with Gasteiger partial charge in [-0.1, -0.05) is 12.1 Å². The zero-order valence-electron chi connectivity index (χ0n) is 13.4. The smallest absolute Gasteiger partial charge is 0.269 e. The summed E-state index contributed by atoms with van der Waals surface area (Å²) in [6.07, 6.45) is 0. The standard InChI is InChI=1S/C17H18N2O4S/c1-12(24-16-9-5-14(6-10-16)19(21)22)17(20)18-11-13-3-7-15(23-2)8-4-13/h3-10,12H,11H2,1-2H3,(H,18,20)/t12-/m0/s1. The fourth-order valence-electron chi connectivity index (χ4n) is 1.98. The minimum absolute atomic E-state index is 0.0379. The quantitative estimate of drug-likeness (QED) is 0.472. The number of hydrogen-bond acceptors (Lipinski definition) is 5. The van der Waals surface area contributed by atoms with Gasteiger partial charge in [0, 0.05) is 23.6 Å². The van der Waals surface area contributed by atoms with Gasteiger partial charge in [-0.15, -0.1) is 11.8 Å². The van der Waals surface area contributed by atoms with Crippen molar-refractivity contribution in [2.24, 2.45) is 0 Å². The van der Waals surface area contributed by atoms with Crippen LogP contribution in [0.1, 0.15) is 12.5 Å². The van der Waals surface area contributed by atoms with E-state index in [0.29, 0.717) is 6.54 Å². The number of nitro benzene ring substituents is 1. The molecule has 7 heteroatoms. The van der Waals surface area contributed by atoms with Gasteiger partial charge < -0.3 is 10.1 Å². The molecule has 0 heterocycles. The monoisotopic (exact) mass is 346 g/mol. The van der Waals surface area contributed by atoms with Crippen LogP contribution in [0.4, 0.5) is 5.69 Å². The van der Waals surface area contributed by atoms with Crippen LogP contribution in [0.2, 0.25) is 0 Å². The average molecular weight is 346 g/mol. The molecule has 0 fully saturated rings. The second kappa shape index (κ2) is 8.35. The van der Waals surface area contributed by atoms with E-state index in [1.54, 1.807) is 26.2 Å². The van der Waals surface area contributed by atoms with Crippen molar-refractivity contribution in [1.82, 2.24) is 5.32 Å². The van der Waals surface area contributed by atoms with Crippen molar-refractivity contribution in [3.63, 3.8) is 0 Å². The molecule has 0 aliphatic heterocycles. The number of ether oxygens (including phenoxy) is 1. The van der Waals surface area contributed by atoms with Crippen LogP contribution in [0.15, 0.2) is 53.4 Å². The molecule has 0 aliphatic carbocycles. The molecule has 0 spiro atoms. The topological polar surface area (TPSA) is 81.5 Å². The predicted octanol–water partition coefficient (Wildman–Crippen LogP) is 3.40. The molecule has 24 heavy (non-hydrogen) atoms. The second-order valence-corrected chi connectivity index (χ2v) is 6.49. The van der Waals surface area contributed by atoms with E-state index in [2.05, 4.69) is 5.32 Å². The Kier molecular flexibility index (Phi) is 6.20. The van der Waals surface area contributed by atoms with Gasteiger partial charge in [-0.2, -0.15) is 0 Å². The molecule has 0 aromatic heterocycles. The lowest BCUT2D eigenvalue weighted by Gasteiger charge is -2.12. The number of benzene rings is 2. The lowest BCUT2D eigenvalue weighted by atomic mass is 10.2. The van der Waals surface area contributed by atoms with Crippen LogP contribution in [0.3, 0.4) is 0 Å². The van der Waals surface area contributed by atoms with E-state index in [9.17, 15) is 14.9 Å². The van der Waals surface area contributed by atoms with Crippen molar-refractivity contribution in [1.29, 1.82) is 0 Å². The van der Waals surface area contributed by atoms with Crippen molar-refractivity contribution in [3.8, 4) is 5.75 Å². The SMILES string of the molecule is COc1ccc(CNC(=O)[C@H](C)Sc2ccc([N+](=O)[O-])cc2)cc1. The van der Waals surface area contributed by atoms with Gasteiger partial charge in [0.2, 0.25) is 5.91 Å². The first-order valence-corrected chi connectivity index (χ1v) is 8.19. The fourth-order valence-corrected chi connectivity index (χ4v) is 2.87. The lowest BCUT2D eigenvalue weighted by Crippen LogP contribution is -2.30. The molecule has 2 aromatic rings. The van der Waals surface area contributed by atoms with Crippen LogP contribution < -0.4 is 10.1 Å². The molecule has 0 aliphatic rings. The van der Waals surface area contributed by atoms with Gasteiger partial charge in [-0.3, -0.25) is 14.9 Å². The first-order valence-electron chi connectivity index (χ1n) is 7.31. The van der Waals surface area contributed by atoms with Gasteiger partial charge >= 0.3 is 0 Å². The maximum absolute atomic E-state index is 12.2. The zero-order valence-corrected chi connectivity index (χ0v) is 14.2. The summed E-state index contributed by atoms with van der Waals surface area (Å²) in [6.45, 7) is 2.24. The number of methoxy groups -OCH3 is 1. The van der Waals surface area contributed by atoms with Gasteiger partial charge in [0.05, 0.1) is 17.3 Å². The van der Waals surface area contributed by atoms with E-state index in [-0.39, 0.29) is 16.8 Å². The van der Waals surface area contributed by atoms with Gasteiger partial charge in [0.1, 0.15) is 5.75 Å². The Labute approximate surface area is 144 Å². The van der Waals surface area contributed by atoms with E-state index in [1.807, 2.05) is 24.3 Å². The number of nitro groups is 1. The van der Waals surface area contributed by atoms with Crippen molar-refractivity contribution in [3.05, 3.63) is 64.2 Å². The molecule has 1 atom stereocenters. The van der Waals surface area contributed by atoms with Gasteiger partial charge in [0.15, 0.2) is 0 Å². The Balaban J connectivity index is 1.85. The van der Waals surface area contributed by atoms with E-state index in [0.717, 1.165) is 16.2 Å². The summed E-state index contributed by atoms with van der Waals surface area (Å²) in [5.41, 5.74) is 1.02. The zero-order chi connectivity index (χ0) is 17.5. The van der Waals surface area contributed by atoms with Crippen LogP contribution >= 0.6 is 11.8 Å². The summed E-state index contributed by atoms with van der Waals surface area (Å²) in [5, 5.41) is 13.2. The molecule has 0 unspecified atom stereocenters. The van der Waals surface area contributed by atoms with Crippen LogP contribution in [0, 0.1) is 10.1 Å². The molecule has 1 amide bonds. The molecule has 6 nitrogen and oxygen atoms in total. The third-order valence-electron chi connectivity index (χ3n) is 3.36. The minimum atomic E-state index is -0.445. The molecular weight excluding hydrogens is 328 g/mol. The Hall–Kier alpha value is -2.54. The summed E-state index contributed by atoms with van der Waals surface area (Å²) in [7, 11) is 1.61. The molecule has 2 aromatic carbocycles. The van der Waals surface area contributed by atoms with Crippen molar-refractivity contribution < 1.29 is 14.5 Å². The molecule has 0 saturated heterocycles. The number of hydrogen-bond donors (Lipinski definition) is 1. The molecule has 126 valence electrons. The Bertz CT molecular complexity index is 702. The summed E-state index contributed by atoms with van der Waals surface area (Å²) >= 11 is 1.36. The Morgan fingerprint density at radius 2 is 1.83 bits per heavy atom. The van der Waals surface area contributed by atoms with E-state index in [4.69, 9.17) is 4.74 Å². The highest BCUT2D eigenvalue weighted by atomic mass is 32.2. The largest absolute Gasteiger partial charge is 0.497 e. The molecule has 0 bridgehead atoms. The number of nitrogens with one attached hydrogen (secondary N) is 1. The molecule has 1 N–H and O–H groups in total. The third-order valence-corrected chi connectivity index (χ3v) is 4.47. The minimum Gasteiger partial charge on any atom is -0.497 e. The first kappa shape index (κ1) is 17.8. The first-order chi connectivity index (χ1) is 11.5. The normalized spacial score (nSPS) is 11.6. The van der Waals surface area contributed by atoms with Crippen LogP contribution in [-0.2, 0) is 11.3 Å². The average Bonchev–Trinajstić information content (AvgIpc) is 2.60. The van der Waals surface area contributed by atoms with E-state index >= 15 is 0 Å². The van der Waals surface area contributed by atoms with Crippen molar-refractivity contribution >= 4 is 23.4 Å². The summed E-state index contributed by atoms with van der Waals surface area (Å²) in [5.74, 6) is 0.682. The number of nitrogens with zero attached hydrogens (tertiary/aromatic N) is 1. The number of amides is 1. The van der Waals surface area contributed by atoms with Gasteiger partial charge in [-0.05, 0) is 36.8 Å². The number of non-ortho nitro benzene ring substituents is 1. The van der Waals surface area contributed by atoms with Gasteiger partial charge in [0.25, 0.3) is 5.69 Å². The van der Waals surface area contributed by atoms with E-state index < -0.39 is 4.92 Å². The third kappa shape index (κ3) is 4.99. The van der Waals surface area contributed by atoms with Gasteiger partial charge in [-0.25, -0.2) is 0 Å². The van der Waals surface area contributed by atoms with Crippen LogP contribution in [-0.4, -0.2) is 23.2 Å². The molecule has 0 radical (unpaired) electrons. The van der Waals surface area contributed by atoms with Crippen molar-refractivity contribution in [2.75, 3.05) is 7.11 Å². The van der Waals surface area contributed by atoms with Crippen LogP contribution in [0.5, 0.6) is 5.75 Å². The number of rotatable bonds is 7. The lowest BCUT2D eigenvalue weighted by molar-refractivity contribution is -0.384. The highest BCUT2D eigenvalue weighted by Crippen LogP contribution is 2.25. The van der Waals surface area contributed by atoms with Crippen molar-refractivity contribution in [2.45, 2.75) is 23.6 Å². The van der Waals surface area contributed by atoms with Crippen LogP contribution in [0.25, 0.3) is 0 Å². The molecular formula is C17H18N2O4S. The summed E-state index contributed by atoms with van der Waals surface area (Å²) < 4.78 is 5.09. The Morgan fingerprint density at radius 3 is 2.38 bits per heavy atom. The highest BCUT2D eigenvalue weighted by molar-refractivity contribution is 8.00. The maximum atomic E-state index is 12.2. The predicted molar refractivity (Wildman–Crippen MR) is 93.3 cm³/mol. The molecule has 2 rings (SSSR count). The summed E-state index contributed by atoms with van der Waals surface area (Å²) in [6, 6.07) is 13.6. The highest BCUT2D eigenvalue weighted by Gasteiger charge is 2.15. The van der Waals surface area contributed by atoms with E-state index in [1.165, 1.54) is 23.9 Å². The molecule has 0 saturated carbocycles. The second-order valence-electron chi connectivity index (χ2n) is 5.08. The Morgan fingerprint density at radius 1 is 1.21 bits per heavy atom. The summed E-state index contributed by atoms with van der Waals surface area (Å²) in [4.78, 5) is 23.2. The fraction of sp³-hybridized carbons (Fsp3) is 0.235.